The molecule has 0 heterocycles. The number of ether oxygens (including phenoxy) is 3. The van der Waals surface area contributed by atoms with Gasteiger partial charge in [0.2, 0.25) is 0 Å². The van der Waals surface area contributed by atoms with Gasteiger partial charge in [-0.2, -0.15) is 0 Å². The molecular weight excluding hydrogens is 248 g/mol. The van der Waals surface area contributed by atoms with Gasteiger partial charge < -0.3 is 14.2 Å². The molecule has 0 unspecified atom stereocenters. The Hall–Kier alpha value is -1.75. The lowest BCUT2D eigenvalue weighted by molar-refractivity contribution is -0.142. The van der Waals surface area contributed by atoms with Crippen molar-refractivity contribution in [2.75, 3.05) is 20.8 Å². The molecule has 0 N–H and O–H groups in total. The molecule has 0 saturated carbocycles. The zero-order valence-electron chi connectivity index (χ0n) is 9.36. The Kier molecular flexibility index (Phi) is 4.78. The summed E-state index contributed by atoms with van der Waals surface area (Å²) in [5.41, 5.74) is 0.156. The summed E-state index contributed by atoms with van der Waals surface area (Å²) < 4.78 is 14.1. The maximum absolute atomic E-state index is 11.4. The summed E-state index contributed by atoms with van der Waals surface area (Å²) in [6.45, 7) is -0.290. The molecule has 17 heavy (non-hydrogen) atoms. The first kappa shape index (κ1) is 13.3. The maximum Gasteiger partial charge on any atom is 0.343 e. The van der Waals surface area contributed by atoms with Crippen LogP contribution in [-0.2, 0) is 14.3 Å². The summed E-state index contributed by atoms with van der Waals surface area (Å²) in [4.78, 5) is 22.3. The second-order valence-corrected chi connectivity index (χ2v) is 3.43. The molecule has 5 nitrogen and oxygen atoms in total. The number of benzene rings is 1. The molecule has 0 spiro atoms. The Morgan fingerprint density at radius 2 is 1.94 bits per heavy atom. The molecule has 0 radical (unpaired) electrons. The van der Waals surface area contributed by atoms with Crippen molar-refractivity contribution in [3.8, 4) is 5.75 Å². The van der Waals surface area contributed by atoms with Crippen LogP contribution in [0, 0.1) is 0 Å². The average Bonchev–Trinajstić information content (AvgIpc) is 2.35. The molecule has 0 aliphatic heterocycles. The molecule has 6 heteroatoms. The van der Waals surface area contributed by atoms with Crippen LogP contribution < -0.4 is 4.74 Å². The van der Waals surface area contributed by atoms with E-state index in [2.05, 4.69) is 9.47 Å². The lowest BCUT2D eigenvalue weighted by Gasteiger charge is -2.09. The van der Waals surface area contributed by atoms with E-state index in [1.165, 1.54) is 26.4 Å². The molecule has 1 aromatic carbocycles. The van der Waals surface area contributed by atoms with E-state index in [0.717, 1.165) is 0 Å². The quantitative estimate of drug-likeness (QED) is 0.769. The molecule has 92 valence electrons. The van der Waals surface area contributed by atoms with Gasteiger partial charge in [-0.05, 0) is 18.2 Å². The van der Waals surface area contributed by atoms with E-state index in [1.807, 2.05) is 0 Å². The number of carbonyl (C=O) groups excluding carboxylic acids is 2. The van der Waals surface area contributed by atoms with Gasteiger partial charge in [0, 0.05) is 5.02 Å². The maximum atomic E-state index is 11.4. The zero-order chi connectivity index (χ0) is 12.8. The summed E-state index contributed by atoms with van der Waals surface area (Å²) in [6.07, 6.45) is 0. The van der Waals surface area contributed by atoms with Gasteiger partial charge in [0.15, 0.2) is 6.61 Å². The van der Waals surface area contributed by atoms with Gasteiger partial charge in [-0.15, -0.1) is 0 Å². The van der Waals surface area contributed by atoms with Crippen LogP contribution in [0.1, 0.15) is 10.4 Å². The molecule has 1 aromatic rings. The average molecular weight is 259 g/mol. The van der Waals surface area contributed by atoms with Gasteiger partial charge in [-0.1, -0.05) is 11.6 Å². The topological polar surface area (TPSA) is 61.8 Å². The molecule has 0 aliphatic carbocycles. The molecule has 0 amide bonds. The fourth-order valence-corrected chi connectivity index (χ4v) is 1.27. The minimum atomic E-state index is -0.590. The smallest absolute Gasteiger partial charge is 0.343 e. The number of hydrogen-bond donors (Lipinski definition) is 0. The second kappa shape index (κ2) is 6.10. The Balaban J connectivity index is 2.90. The summed E-state index contributed by atoms with van der Waals surface area (Å²) in [6, 6.07) is 4.43. The number of methoxy groups -OCH3 is 2. The summed E-state index contributed by atoms with van der Waals surface area (Å²) in [5, 5.41) is 0.371. The number of hydrogen-bond acceptors (Lipinski definition) is 5. The van der Waals surface area contributed by atoms with Crippen LogP contribution in [0.4, 0.5) is 0 Å². The van der Waals surface area contributed by atoms with E-state index >= 15 is 0 Å². The highest BCUT2D eigenvalue weighted by atomic mass is 35.5. The second-order valence-electron chi connectivity index (χ2n) is 3.00. The Morgan fingerprint density at radius 3 is 2.53 bits per heavy atom. The molecule has 0 atom stereocenters. The highest BCUT2D eigenvalue weighted by Crippen LogP contribution is 2.23. The van der Waals surface area contributed by atoms with E-state index < -0.39 is 11.9 Å². The zero-order valence-corrected chi connectivity index (χ0v) is 10.1. The van der Waals surface area contributed by atoms with Crippen LogP contribution in [-0.4, -0.2) is 32.8 Å². The van der Waals surface area contributed by atoms with E-state index in [9.17, 15) is 9.59 Å². The van der Waals surface area contributed by atoms with Gasteiger partial charge in [0.05, 0.1) is 14.2 Å². The predicted octanol–water partition coefficient (Wildman–Crippen LogP) is 1.68. The van der Waals surface area contributed by atoms with Crippen LogP contribution >= 0.6 is 11.6 Å². The third-order valence-corrected chi connectivity index (χ3v) is 2.16. The minimum absolute atomic E-state index is 0.156. The number of halogens is 1. The SMILES string of the molecule is COC(=O)COc1ccc(Cl)cc1C(=O)OC. The van der Waals surface area contributed by atoms with Crippen molar-refractivity contribution in [2.45, 2.75) is 0 Å². The van der Waals surface area contributed by atoms with Gasteiger partial charge in [-0.25, -0.2) is 9.59 Å². The summed E-state index contributed by atoms with van der Waals surface area (Å²) in [7, 11) is 2.49. The van der Waals surface area contributed by atoms with E-state index in [0.29, 0.717) is 5.02 Å². The van der Waals surface area contributed by atoms with Crippen molar-refractivity contribution >= 4 is 23.5 Å². The Morgan fingerprint density at radius 1 is 1.24 bits per heavy atom. The van der Waals surface area contributed by atoms with Gasteiger partial charge in [-0.3, -0.25) is 0 Å². The fraction of sp³-hybridized carbons (Fsp3) is 0.273. The molecule has 0 aliphatic rings. The summed E-state index contributed by atoms with van der Waals surface area (Å²) in [5.74, 6) is -0.921. The largest absolute Gasteiger partial charge is 0.481 e. The molecule has 1 rings (SSSR count). The normalized spacial score (nSPS) is 9.59. The first-order valence-corrected chi connectivity index (χ1v) is 5.03. The van der Waals surface area contributed by atoms with Gasteiger partial charge in [0.25, 0.3) is 0 Å². The Labute approximate surface area is 103 Å². The highest BCUT2D eigenvalue weighted by Gasteiger charge is 2.14. The molecular formula is C11H11ClO5. The first-order chi connectivity index (χ1) is 8.08. The number of esters is 2. The van der Waals surface area contributed by atoms with E-state index in [4.69, 9.17) is 16.3 Å². The Bertz CT molecular complexity index is 430. The van der Waals surface area contributed by atoms with Crippen LogP contribution in [0.15, 0.2) is 18.2 Å². The lowest BCUT2D eigenvalue weighted by Crippen LogP contribution is -2.14. The first-order valence-electron chi connectivity index (χ1n) is 4.66. The van der Waals surface area contributed by atoms with Crippen LogP contribution in [0.25, 0.3) is 0 Å². The highest BCUT2D eigenvalue weighted by molar-refractivity contribution is 6.31. The van der Waals surface area contributed by atoms with Crippen molar-refractivity contribution in [3.63, 3.8) is 0 Å². The molecule has 0 bridgehead atoms. The third-order valence-electron chi connectivity index (χ3n) is 1.92. The number of rotatable bonds is 4. The van der Waals surface area contributed by atoms with Crippen LogP contribution in [0.2, 0.25) is 5.02 Å². The van der Waals surface area contributed by atoms with Crippen molar-refractivity contribution in [2.24, 2.45) is 0 Å². The van der Waals surface area contributed by atoms with Crippen molar-refractivity contribution in [3.05, 3.63) is 28.8 Å². The van der Waals surface area contributed by atoms with E-state index in [1.54, 1.807) is 6.07 Å². The fourth-order valence-electron chi connectivity index (χ4n) is 1.09. The molecule has 0 fully saturated rings. The van der Waals surface area contributed by atoms with Crippen LogP contribution in [0.5, 0.6) is 5.75 Å². The van der Waals surface area contributed by atoms with Crippen molar-refractivity contribution in [1.29, 1.82) is 0 Å². The molecule has 0 aromatic heterocycles. The molecule has 0 saturated heterocycles. The number of carbonyl (C=O) groups is 2. The van der Waals surface area contributed by atoms with Gasteiger partial charge >= 0.3 is 11.9 Å². The van der Waals surface area contributed by atoms with Crippen molar-refractivity contribution in [1.82, 2.24) is 0 Å². The van der Waals surface area contributed by atoms with E-state index in [-0.39, 0.29) is 17.9 Å². The van der Waals surface area contributed by atoms with Crippen molar-refractivity contribution < 1.29 is 23.8 Å². The van der Waals surface area contributed by atoms with Gasteiger partial charge in [0.1, 0.15) is 11.3 Å². The lowest BCUT2D eigenvalue weighted by atomic mass is 10.2. The predicted molar refractivity (Wildman–Crippen MR) is 60.3 cm³/mol. The standard InChI is InChI=1S/C11H11ClO5/c1-15-10(13)6-17-9-4-3-7(12)5-8(9)11(14)16-2/h3-5H,6H2,1-2H3. The minimum Gasteiger partial charge on any atom is -0.481 e. The third kappa shape index (κ3) is 3.64. The monoisotopic (exact) mass is 258 g/mol. The van der Waals surface area contributed by atoms with Crippen LogP contribution in [0.3, 0.4) is 0 Å². The summed E-state index contributed by atoms with van der Waals surface area (Å²) >= 11 is 5.75.